The van der Waals surface area contributed by atoms with Crippen molar-refractivity contribution in [1.29, 1.82) is 0 Å². The van der Waals surface area contributed by atoms with Gasteiger partial charge in [-0.3, -0.25) is 0 Å². The molecule has 0 aliphatic rings. The molecule has 3 aromatic rings. The maximum absolute atomic E-state index is 13.6. The van der Waals surface area contributed by atoms with Crippen LogP contribution in [0.5, 0.6) is 0 Å². The lowest BCUT2D eigenvalue weighted by atomic mass is 10.1. The zero-order valence-corrected chi connectivity index (χ0v) is 19.5. The number of hydrogen-bond donors (Lipinski definition) is 1. The van der Waals surface area contributed by atoms with Crippen LogP contribution in [-0.2, 0) is 11.3 Å². The Bertz CT molecular complexity index is 1090. The van der Waals surface area contributed by atoms with Crippen molar-refractivity contribution in [3.63, 3.8) is 0 Å². The van der Waals surface area contributed by atoms with Crippen LogP contribution in [0.4, 0.5) is 35.1 Å². The number of rotatable bonds is 9. The molecule has 3 rings (SSSR count). The van der Waals surface area contributed by atoms with Gasteiger partial charge in [0.2, 0.25) is 0 Å². The van der Waals surface area contributed by atoms with Crippen molar-refractivity contribution in [1.82, 2.24) is 4.57 Å². The molecule has 0 saturated carbocycles. The first-order valence-electron chi connectivity index (χ1n) is 9.23. The number of halogens is 10. The summed E-state index contributed by atoms with van der Waals surface area (Å²) in [5, 5.41) is 11.8. The molecule has 0 fully saturated rings. The first-order valence-corrected chi connectivity index (χ1v) is 10.8. The Labute approximate surface area is 198 Å². The van der Waals surface area contributed by atoms with E-state index in [0.717, 1.165) is 19.7 Å². The number of hydrogen-bond acceptors (Lipinski definition) is 2. The van der Waals surface area contributed by atoms with Gasteiger partial charge in [0.15, 0.2) is 0 Å². The lowest BCUT2D eigenvalue weighted by Gasteiger charge is -2.32. The number of ether oxygens (including phenoxy) is 1. The number of alkyl halides is 8. The van der Waals surface area contributed by atoms with Crippen molar-refractivity contribution in [3.8, 4) is 0 Å². The van der Waals surface area contributed by atoms with E-state index in [1.807, 2.05) is 12.1 Å². The number of aromatic nitrogens is 1. The first kappa shape index (κ1) is 26.2. The molecule has 0 bridgehead atoms. The maximum Gasteiger partial charge on any atom is 0.380 e. The molecule has 0 spiro atoms. The quantitative estimate of drug-likeness (QED) is 0.268. The predicted molar refractivity (Wildman–Crippen MR) is 113 cm³/mol. The van der Waals surface area contributed by atoms with E-state index < -0.39 is 43.5 Å². The average Bonchev–Trinajstić information content (AvgIpc) is 2.99. The van der Waals surface area contributed by atoms with Crippen LogP contribution in [-0.4, -0.2) is 53.2 Å². The summed E-state index contributed by atoms with van der Waals surface area (Å²) in [5.41, 5.74) is 1.33. The zero-order chi connectivity index (χ0) is 24.8. The topological polar surface area (TPSA) is 34.4 Å². The van der Waals surface area contributed by atoms with Crippen molar-refractivity contribution in [2.24, 2.45) is 0 Å². The van der Waals surface area contributed by atoms with Crippen LogP contribution in [0.15, 0.2) is 45.3 Å². The van der Waals surface area contributed by atoms with E-state index in [0.29, 0.717) is 11.0 Å². The normalized spacial score (nSPS) is 14.5. The minimum Gasteiger partial charge on any atom is -0.389 e. The summed E-state index contributed by atoms with van der Waals surface area (Å²) in [6.07, 6.45) is -6.50. The van der Waals surface area contributed by atoms with Gasteiger partial charge in [0.1, 0.15) is 6.61 Å². The van der Waals surface area contributed by atoms with E-state index >= 15 is 0 Å². The number of nitrogens with zero attached hydrogens (tertiary/aromatic N) is 1. The average molecular weight is 613 g/mol. The van der Waals surface area contributed by atoms with Gasteiger partial charge in [-0.1, -0.05) is 31.9 Å². The SMILES string of the molecule is OC(COCC(F)(F)C(F)(F)C(F)(F)C(F)F)Cn1c2ccc(Br)cc2c2cc(Br)ccc21. The second-order valence-electron chi connectivity index (χ2n) is 7.31. The standard InChI is InChI=1S/C20H15Br2F8NO2/c21-10-1-3-15-13(5-10)14-6-11(22)2-4-16(14)31(15)7-12(32)8-33-9-18(25,26)20(29,30)19(27,28)17(23)24/h1-6,12,17,32H,7-9H2. The molecule has 33 heavy (non-hydrogen) atoms. The highest BCUT2D eigenvalue weighted by Gasteiger charge is 2.75. The second kappa shape index (κ2) is 9.31. The third-order valence-electron chi connectivity index (χ3n) is 4.93. The fourth-order valence-electron chi connectivity index (χ4n) is 3.30. The molecule has 0 aliphatic carbocycles. The molecule has 3 nitrogen and oxygen atoms in total. The van der Waals surface area contributed by atoms with Gasteiger partial charge in [-0.2, -0.15) is 26.3 Å². The highest BCUT2D eigenvalue weighted by molar-refractivity contribution is 9.10. The Hall–Kier alpha value is -1.44. The van der Waals surface area contributed by atoms with Crippen molar-refractivity contribution >= 4 is 53.7 Å². The fraction of sp³-hybridized carbons (Fsp3) is 0.400. The summed E-state index contributed by atoms with van der Waals surface area (Å²) >= 11 is 6.73. The van der Waals surface area contributed by atoms with E-state index in [-0.39, 0.29) is 6.54 Å². The highest BCUT2D eigenvalue weighted by atomic mass is 79.9. The molecule has 0 saturated heterocycles. The Morgan fingerprint density at radius 2 is 1.36 bits per heavy atom. The van der Waals surface area contributed by atoms with E-state index in [1.54, 1.807) is 28.8 Å². The third kappa shape index (κ3) is 4.87. The number of aliphatic hydroxyl groups is 1. The van der Waals surface area contributed by atoms with Gasteiger partial charge in [-0.25, -0.2) is 8.78 Å². The summed E-state index contributed by atoms with van der Waals surface area (Å²) in [7, 11) is 0. The Balaban J connectivity index is 1.76. The molecule has 1 aromatic heterocycles. The molecule has 0 radical (unpaired) electrons. The number of fused-ring (bicyclic) bond motifs is 3. The molecule has 1 heterocycles. The number of aliphatic hydroxyl groups excluding tert-OH is 1. The second-order valence-corrected chi connectivity index (χ2v) is 9.14. The van der Waals surface area contributed by atoms with Gasteiger partial charge in [-0.15, -0.1) is 0 Å². The van der Waals surface area contributed by atoms with Crippen molar-refractivity contribution in [3.05, 3.63) is 45.3 Å². The Morgan fingerprint density at radius 3 is 1.82 bits per heavy atom. The van der Waals surface area contributed by atoms with E-state index in [1.165, 1.54) is 0 Å². The monoisotopic (exact) mass is 611 g/mol. The lowest BCUT2D eigenvalue weighted by molar-refractivity contribution is -0.346. The summed E-state index contributed by atoms with van der Waals surface area (Å²) in [6.45, 7) is -3.43. The summed E-state index contributed by atoms with van der Waals surface area (Å²) in [6, 6.07) is 10.6. The van der Waals surface area contributed by atoms with Gasteiger partial charge < -0.3 is 14.4 Å². The summed E-state index contributed by atoms with van der Waals surface area (Å²) in [4.78, 5) is 0. The molecule has 1 atom stereocenters. The molecule has 1 unspecified atom stereocenters. The van der Waals surface area contributed by atoms with Crippen molar-refractivity contribution in [2.45, 2.75) is 36.8 Å². The van der Waals surface area contributed by atoms with Crippen LogP contribution >= 0.6 is 31.9 Å². The van der Waals surface area contributed by atoms with E-state index in [9.17, 15) is 40.2 Å². The molecule has 2 aromatic carbocycles. The van der Waals surface area contributed by atoms with Crippen LogP contribution in [0, 0.1) is 0 Å². The number of benzene rings is 2. The zero-order valence-electron chi connectivity index (χ0n) is 16.3. The molecule has 1 N–H and O–H groups in total. The predicted octanol–water partition coefficient (Wildman–Crippen LogP) is 6.87. The lowest BCUT2D eigenvalue weighted by Crippen LogP contribution is -2.59. The van der Waals surface area contributed by atoms with Gasteiger partial charge in [-0.05, 0) is 36.4 Å². The summed E-state index contributed by atoms with van der Waals surface area (Å²) in [5.74, 6) is -18.2. The van der Waals surface area contributed by atoms with Crippen molar-refractivity contribution in [2.75, 3.05) is 13.2 Å². The van der Waals surface area contributed by atoms with Crippen LogP contribution < -0.4 is 0 Å². The fourth-order valence-corrected chi connectivity index (χ4v) is 4.03. The summed E-state index contributed by atoms with van der Waals surface area (Å²) < 4.78 is 112. The van der Waals surface area contributed by atoms with Crippen LogP contribution in [0.25, 0.3) is 21.8 Å². The largest absolute Gasteiger partial charge is 0.389 e. The Morgan fingerprint density at radius 1 is 0.879 bits per heavy atom. The smallest absolute Gasteiger partial charge is 0.380 e. The van der Waals surface area contributed by atoms with Crippen LogP contribution in [0.2, 0.25) is 0 Å². The molecular weight excluding hydrogens is 598 g/mol. The molecule has 0 amide bonds. The van der Waals surface area contributed by atoms with E-state index in [2.05, 4.69) is 36.6 Å². The van der Waals surface area contributed by atoms with Crippen LogP contribution in [0.1, 0.15) is 0 Å². The van der Waals surface area contributed by atoms with Gasteiger partial charge in [0.25, 0.3) is 0 Å². The van der Waals surface area contributed by atoms with Crippen molar-refractivity contribution < 1.29 is 45.0 Å². The van der Waals surface area contributed by atoms with E-state index in [4.69, 9.17) is 0 Å². The van der Waals surface area contributed by atoms with Gasteiger partial charge in [0.05, 0.1) is 19.3 Å². The molecule has 182 valence electrons. The third-order valence-corrected chi connectivity index (χ3v) is 5.91. The Kier molecular flexibility index (Phi) is 7.38. The molecular formula is C20H15Br2F8NO2. The molecule has 0 aliphatic heterocycles. The van der Waals surface area contributed by atoms with Gasteiger partial charge >= 0.3 is 24.2 Å². The van der Waals surface area contributed by atoms with Crippen LogP contribution in [0.3, 0.4) is 0 Å². The van der Waals surface area contributed by atoms with Gasteiger partial charge in [0, 0.05) is 30.8 Å². The maximum atomic E-state index is 13.6. The minimum absolute atomic E-state index is 0.210. The highest BCUT2D eigenvalue weighted by Crippen LogP contribution is 2.48. The molecule has 13 heteroatoms. The first-order chi connectivity index (χ1) is 15.2. The minimum atomic E-state index is -6.35.